The molecule has 0 saturated heterocycles. The van der Waals surface area contributed by atoms with Gasteiger partial charge >= 0.3 is 10.2 Å². The van der Waals surface area contributed by atoms with Crippen LogP contribution in [0.3, 0.4) is 0 Å². The molecule has 0 atom stereocenters. The summed E-state index contributed by atoms with van der Waals surface area (Å²) >= 11 is 3.22. The quantitative estimate of drug-likeness (QED) is 0.824. The molecule has 0 aliphatic heterocycles. The number of anilines is 2. The number of nitrogens with two attached hydrogens (primary N) is 1. The zero-order valence-electron chi connectivity index (χ0n) is 8.36. The standard InChI is InChI=1S/C8H12BrN3O2S/c1-12(2)15(13,14)11-6-3-4-8(10)7(9)5-6/h3-5,11H,10H2,1-2H3. The van der Waals surface area contributed by atoms with Crippen LogP contribution in [0.15, 0.2) is 22.7 Å². The molecule has 3 N–H and O–H groups in total. The van der Waals surface area contributed by atoms with Crippen molar-refractivity contribution in [1.29, 1.82) is 0 Å². The molecule has 0 bridgehead atoms. The van der Waals surface area contributed by atoms with Crippen molar-refractivity contribution in [2.45, 2.75) is 0 Å². The van der Waals surface area contributed by atoms with Crippen LogP contribution < -0.4 is 10.5 Å². The Hall–Kier alpha value is -0.790. The molecule has 0 spiro atoms. The summed E-state index contributed by atoms with van der Waals surface area (Å²) in [7, 11) is -0.553. The summed E-state index contributed by atoms with van der Waals surface area (Å²) in [6.07, 6.45) is 0. The SMILES string of the molecule is CN(C)S(=O)(=O)Nc1ccc(N)c(Br)c1. The Kier molecular flexibility index (Phi) is 3.58. The van der Waals surface area contributed by atoms with Gasteiger partial charge in [-0.2, -0.15) is 12.7 Å². The monoisotopic (exact) mass is 293 g/mol. The number of halogens is 1. The lowest BCUT2D eigenvalue weighted by Crippen LogP contribution is -2.28. The number of nitrogens with one attached hydrogen (secondary N) is 1. The molecule has 0 aliphatic carbocycles. The molecule has 0 unspecified atom stereocenters. The van der Waals surface area contributed by atoms with E-state index in [-0.39, 0.29) is 0 Å². The molecule has 7 heteroatoms. The predicted octanol–water partition coefficient (Wildman–Crippen LogP) is 1.25. The summed E-state index contributed by atoms with van der Waals surface area (Å²) in [5.74, 6) is 0. The van der Waals surface area contributed by atoms with E-state index in [1.165, 1.54) is 14.1 Å². The first-order valence-corrected chi connectivity index (χ1v) is 6.31. The smallest absolute Gasteiger partial charge is 0.301 e. The maximum Gasteiger partial charge on any atom is 0.301 e. The van der Waals surface area contributed by atoms with Crippen LogP contribution in [0.5, 0.6) is 0 Å². The van der Waals surface area contributed by atoms with Gasteiger partial charge in [-0.25, -0.2) is 0 Å². The summed E-state index contributed by atoms with van der Waals surface area (Å²) in [5, 5.41) is 0. The number of hydrogen-bond donors (Lipinski definition) is 2. The molecule has 0 saturated carbocycles. The first-order chi connectivity index (χ1) is 6.83. The zero-order valence-corrected chi connectivity index (χ0v) is 10.8. The number of benzene rings is 1. The fourth-order valence-corrected chi connectivity index (χ4v) is 1.82. The summed E-state index contributed by atoms with van der Waals surface area (Å²) in [4.78, 5) is 0. The minimum Gasteiger partial charge on any atom is -0.398 e. The van der Waals surface area contributed by atoms with Crippen LogP contribution >= 0.6 is 15.9 Å². The Morgan fingerprint density at radius 1 is 1.40 bits per heavy atom. The van der Waals surface area contributed by atoms with Crippen molar-refractivity contribution in [2.75, 3.05) is 24.6 Å². The van der Waals surface area contributed by atoms with Crippen LogP contribution in [0.1, 0.15) is 0 Å². The molecule has 0 radical (unpaired) electrons. The predicted molar refractivity (Wildman–Crippen MR) is 64.8 cm³/mol. The topological polar surface area (TPSA) is 75.4 Å². The van der Waals surface area contributed by atoms with Gasteiger partial charge in [-0.15, -0.1) is 0 Å². The maximum atomic E-state index is 11.5. The highest BCUT2D eigenvalue weighted by Crippen LogP contribution is 2.23. The van der Waals surface area contributed by atoms with E-state index < -0.39 is 10.2 Å². The van der Waals surface area contributed by atoms with E-state index in [4.69, 9.17) is 5.73 Å². The molecule has 0 aliphatic rings. The number of nitrogen functional groups attached to an aromatic ring is 1. The molecule has 0 fully saturated rings. The average molecular weight is 294 g/mol. The van der Waals surface area contributed by atoms with Crippen LogP contribution in [0.2, 0.25) is 0 Å². The Labute approximate surface area is 97.6 Å². The molecule has 15 heavy (non-hydrogen) atoms. The maximum absolute atomic E-state index is 11.5. The van der Waals surface area contributed by atoms with E-state index in [9.17, 15) is 8.42 Å². The van der Waals surface area contributed by atoms with Crippen LogP contribution in [-0.4, -0.2) is 26.8 Å². The highest BCUT2D eigenvalue weighted by atomic mass is 79.9. The fraction of sp³-hybridized carbons (Fsp3) is 0.250. The first-order valence-electron chi connectivity index (χ1n) is 4.08. The third kappa shape index (κ3) is 3.08. The second kappa shape index (κ2) is 4.38. The van der Waals surface area contributed by atoms with Gasteiger partial charge in [0, 0.05) is 24.3 Å². The van der Waals surface area contributed by atoms with Gasteiger partial charge in [0.25, 0.3) is 0 Å². The van der Waals surface area contributed by atoms with Gasteiger partial charge in [0.15, 0.2) is 0 Å². The number of nitrogens with zero attached hydrogens (tertiary/aromatic N) is 1. The van der Waals surface area contributed by atoms with Gasteiger partial charge in [-0.1, -0.05) is 0 Å². The van der Waals surface area contributed by atoms with Crippen LogP contribution in [-0.2, 0) is 10.2 Å². The average Bonchev–Trinajstić information content (AvgIpc) is 2.10. The van der Waals surface area contributed by atoms with Gasteiger partial charge in [-0.05, 0) is 34.1 Å². The van der Waals surface area contributed by atoms with Crippen molar-refractivity contribution in [3.8, 4) is 0 Å². The molecular weight excluding hydrogens is 282 g/mol. The van der Waals surface area contributed by atoms with Crippen molar-refractivity contribution >= 4 is 37.5 Å². The molecule has 0 heterocycles. The third-order valence-corrected chi connectivity index (χ3v) is 3.87. The van der Waals surface area contributed by atoms with E-state index in [2.05, 4.69) is 20.7 Å². The van der Waals surface area contributed by atoms with Crippen molar-refractivity contribution in [1.82, 2.24) is 4.31 Å². The fourth-order valence-electron chi connectivity index (χ4n) is 0.831. The van der Waals surface area contributed by atoms with Crippen LogP contribution in [0, 0.1) is 0 Å². The third-order valence-electron chi connectivity index (χ3n) is 1.73. The van der Waals surface area contributed by atoms with E-state index in [1.807, 2.05) is 0 Å². The number of rotatable bonds is 3. The van der Waals surface area contributed by atoms with Crippen LogP contribution in [0.4, 0.5) is 11.4 Å². The molecule has 1 aromatic carbocycles. The largest absolute Gasteiger partial charge is 0.398 e. The Balaban J connectivity index is 2.96. The van der Waals surface area contributed by atoms with E-state index in [1.54, 1.807) is 18.2 Å². The highest BCUT2D eigenvalue weighted by Gasteiger charge is 2.13. The summed E-state index contributed by atoms with van der Waals surface area (Å²) < 4.78 is 27.1. The normalized spacial score (nSPS) is 11.7. The molecule has 0 aromatic heterocycles. The van der Waals surface area contributed by atoms with Gasteiger partial charge in [0.1, 0.15) is 0 Å². The minimum atomic E-state index is -3.46. The molecule has 1 rings (SSSR count). The summed E-state index contributed by atoms with van der Waals surface area (Å²) in [6.45, 7) is 0. The minimum absolute atomic E-state index is 0.463. The number of hydrogen-bond acceptors (Lipinski definition) is 3. The lowest BCUT2D eigenvalue weighted by Gasteiger charge is -2.13. The zero-order chi connectivity index (χ0) is 11.6. The lowest BCUT2D eigenvalue weighted by molar-refractivity contribution is 0.527. The second-order valence-electron chi connectivity index (χ2n) is 3.13. The van der Waals surface area contributed by atoms with Crippen molar-refractivity contribution in [3.63, 3.8) is 0 Å². The van der Waals surface area contributed by atoms with Crippen molar-refractivity contribution in [2.24, 2.45) is 0 Å². The van der Waals surface area contributed by atoms with Gasteiger partial charge < -0.3 is 5.73 Å². The van der Waals surface area contributed by atoms with E-state index >= 15 is 0 Å². The molecule has 1 aromatic rings. The molecule has 84 valence electrons. The summed E-state index contributed by atoms with van der Waals surface area (Å²) in [5.41, 5.74) is 6.60. The lowest BCUT2D eigenvalue weighted by atomic mass is 10.3. The van der Waals surface area contributed by atoms with E-state index in [0.717, 1.165) is 4.31 Å². The van der Waals surface area contributed by atoms with Crippen molar-refractivity contribution in [3.05, 3.63) is 22.7 Å². The van der Waals surface area contributed by atoms with Crippen molar-refractivity contribution < 1.29 is 8.42 Å². The Morgan fingerprint density at radius 3 is 2.47 bits per heavy atom. The first kappa shape index (κ1) is 12.3. The Bertz CT molecular complexity index is 459. The molecule has 0 amide bonds. The highest BCUT2D eigenvalue weighted by molar-refractivity contribution is 9.10. The van der Waals surface area contributed by atoms with Gasteiger partial charge in [-0.3, -0.25) is 4.72 Å². The van der Waals surface area contributed by atoms with Gasteiger partial charge in [0.05, 0.1) is 5.69 Å². The van der Waals surface area contributed by atoms with Gasteiger partial charge in [0.2, 0.25) is 0 Å². The summed E-state index contributed by atoms with van der Waals surface area (Å²) in [6, 6.07) is 4.83. The molecule has 5 nitrogen and oxygen atoms in total. The van der Waals surface area contributed by atoms with E-state index in [0.29, 0.717) is 15.8 Å². The van der Waals surface area contributed by atoms with Crippen LogP contribution in [0.25, 0.3) is 0 Å². The molecular formula is C8H12BrN3O2S. The second-order valence-corrected chi connectivity index (χ2v) is 5.86. The Morgan fingerprint density at radius 2 is 2.00 bits per heavy atom.